The number of ether oxygens (including phenoxy) is 2. The summed E-state index contributed by atoms with van der Waals surface area (Å²) in [6, 6.07) is 4.32. The van der Waals surface area contributed by atoms with Gasteiger partial charge in [-0.25, -0.2) is 18.2 Å². The van der Waals surface area contributed by atoms with Crippen LogP contribution in [-0.2, 0) is 4.74 Å². The molecule has 3 N–H and O–H groups in total. The second kappa shape index (κ2) is 9.12. The van der Waals surface area contributed by atoms with Gasteiger partial charge in [-0.1, -0.05) is 18.2 Å². The summed E-state index contributed by atoms with van der Waals surface area (Å²) >= 11 is 0. The van der Waals surface area contributed by atoms with E-state index in [0.29, 0.717) is 13.2 Å². The van der Waals surface area contributed by atoms with Crippen molar-refractivity contribution in [3.8, 4) is 5.88 Å². The first kappa shape index (κ1) is 21.6. The lowest BCUT2D eigenvalue weighted by atomic mass is 10.0. The largest absolute Gasteiger partial charge is 0.469 e. The molecule has 30 heavy (non-hydrogen) atoms. The molecule has 0 bridgehead atoms. The number of pyridine rings is 1. The van der Waals surface area contributed by atoms with Gasteiger partial charge in [0.1, 0.15) is 17.8 Å². The summed E-state index contributed by atoms with van der Waals surface area (Å²) < 4.78 is 51.1. The maximum Gasteiger partial charge on any atom is 0.266 e. The molecule has 0 aliphatic carbocycles. The fourth-order valence-corrected chi connectivity index (χ4v) is 2.92. The van der Waals surface area contributed by atoms with Gasteiger partial charge in [0.15, 0.2) is 0 Å². The van der Waals surface area contributed by atoms with E-state index in [9.17, 15) is 18.0 Å². The van der Waals surface area contributed by atoms with Crippen molar-refractivity contribution in [3.63, 3.8) is 0 Å². The van der Waals surface area contributed by atoms with Crippen molar-refractivity contribution in [2.24, 2.45) is 0 Å². The number of hydrogen-bond donors (Lipinski definition) is 3. The highest BCUT2D eigenvalue weighted by molar-refractivity contribution is 6.08. The molecule has 2 aromatic rings. The number of amidine groups is 1. The first-order chi connectivity index (χ1) is 14.3. The Morgan fingerprint density at radius 3 is 2.60 bits per heavy atom. The van der Waals surface area contributed by atoms with Gasteiger partial charge in [-0.15, -0.1) is 0 Å². The zero-order valence-corrected chi connectivity index (χ0v) is 16.3. The number of rotatable bonds is 7. The van der Waals surface area contributed by atoms with Crippen LogP contribution in [0.15, 0.2) is 30.5 Å². The van der Waals surface area contributed by atoms with E-state index < -0.39 is 29.8 Å². The molecular formula is C20H21F3N4O3. The second-order valence-electron chi connectivity index (χ2n) is 6.72. The molecular weight excluding hydrogens is 401 g/mol. The van der Waals surface area contributed by atoms with Crippen LogP contribution in [0.3, 0.4) is 0 Å². The molecule has 7 nitrogen and oxygen atoms in total. The Morgan fingerprint density at radius 2 is 2.00 bits per heavy atom. The van der Waals surface area contributed by atoms with Crippen molar-refractivity contribution in [2.75, 3.05) is 20.3 Å². The fraction of sp³-hybridized carbons (Fsp3) is 0.350. The van der Waals surface area contributed by atoms with Gasteiger partial charge < -0.3 is 20.1 Å². The molecule has 2 heterocycles. The van der Waals surface area contributed by atoms with Crippen molar-refractivity contribution < 1.29 is 27.4 Å². The summed E-state index contributed by atoms with van der Waals surface area (Å²) in [6.45, 7) is 2.37. The lowest BCUT2D eigenvalue weighted by Gasteiger charge is -2.26. The Balaban J connectivity index is 1.86. The molecule has 0 saturated carbocycles. The molecule has 1 fully saturated rings. The molecule has 10 heteroatoms. The van der Waals surface area contributed by atoms with E-state index in [2.05, 4.69) is 15.6 Å². The zero-order valence-electron chi connectivity index (χ0n) is 16.3. The van der Waals surface area contributed by atoms with Crippen molar-refractivity contribution in [2.45, 2.75) is 25.5 Å². The number of hydrogen-bond acceptors (Lipinski definition) is 5. The molecule has 1 aliphatic heterocycles. The Labute approximate surface area is 171 Å². The van der Waals surface area contributed by atoms with Crippen molar-refractivity contribution >= 4 is 11.7 Å². The lowest BCUT2D eigenvalue weighted by Crippen LogP contribution is -2.39. The maximum absolute atomic E-state index is 14.4. The molecule has 0 spiro atoms. The molecule has 0 radical (unpaired) electrons. The first-order valence-corrected chi connectivity index (χ1v) is 9.20. The van der Waals surface area contributed by atoms with E-state index in [1.54, 1.807) is 0 Å². The summed E-state index contributed by atoms with van der Waals surface area (Å²) in [6.07, 6.45) is -1.84. The number of halogens is 3. The molecule has 160 valence electrons. The molecule has 1 atom stereocenters. The van der Waals surface area contributed by atoms with E-state index in [-0.39, 0.29) is 34.5 Å². The molecule has 1 aliphatic rings. The maximum atomic E-state index is 14.4. The van der Waals surface area contributed by atoms with Gasteiger partial charge >= 0.3 is 0 Å². The summed E-state index contributed by atoms with van der Waals surface area (Å²) in [7, 11) is 1.44. The van der Waals surface area contributed by atoms with E-state index in [4.69, 9.17) is 14.9 Å². The smallest absolute Gasteiger partial charge is 0.266 e. The van der Waals surface area contributed by atoms with Gasteiger partial charge in [0.2, 0.25) is 5.88 Å². The first-order valence-electron chi connectivity index (χ1n) is 9.20. The van der Waals surface area contributed by atoms with Crippen LogP contribution < -0.4 is 15.4 Å². The number of aromatic nitrogens is 1. The molecule has 3 rings (SSSR count). The average molecular weight is 422 g/mol. The molecule has 1 aromatic carbocycles. The monoisotopic (exact) mass is 422 g/mol. The summed E-state index contributed by atoms with van der Waals surface area (Å²) in [5.41, 5.74) is -0.435. The number of carbonyl (C=O) groups is 1. The van der Waals surface area contributed by atoms with Crippen LogP contribution in [0.5, 0.6) is 5.88 Å². The minimum Gasteiger partial charge on any atom is -0.469 e. The zero-order chi connectivity index (χ0) is 21.8. The average Bonchev–Trinajstić information content (AvgIpc) is 2.69. The topological polar surface area (TPSA) is 96.3 Å². The predicted octanol–water partition coefficient (Wildman–Crippen LogP) is 2.97. The Morgan fingerprint density at radius 1 is 1.30 bits per heavy atom. The Bertz CT molecular complexity index is 951. The third-order valence-corrected chi connectivity index (χ3v) is 4.64. The van der Waals surface area contributed by atoms with Crippen LogP contribution in [0.2, 0.25) is 0 Å². The predicted molar refractivity (Wildman–Crippen MR) is 103 cm³/mol. The van der Waals surface area contributed by atoms with Gasteiger partial charge in [-0.2, -0.15) is 0 Å². The van der Waals surface area contributed by atoms with Crippen molar-refractivity contribution in [1.29, 1.82) is 5.41 Å². The van der Waals surface area contributed by atoms with Crippen LogP contribution >= 0.6 is 0 Å². The highest BCUT2D eigenvalue weighted by atomic mass is 19.3. The lowest BCUT2D eigenvalue weighted by molar-refractivity contribution is -0.0813. The third-order valence-electron chi connectivity index (χ3n) is 4.64. The van der Waals surface area contributed by atoms with Crippen LogP contribution in [-0.4, -0.2) is 43.1 Å². The molecule has 0 unspecified atom stereocenters. The van der Waals surface area contributed by atoms with Gasteiger partial charge in [0.05, 0.1) is 30.4 Å². The van der Waals surface area contributed by atoms with E-state index >= 15 is 0 Å². The van der Waals surface area contributed by atoms with Gasteiger partial charge in [-0.3, -0.25) is 10.2 Å². The summed E-state index contributed by atoms with van der Waals surface area (Å²) in [5, 5.41) is 13.6. The van der Waals surface area contributed by atoms with Gasteiger partial charge in [0, 0.05) is 30.4 Å². The van der Waals surface area contributed by atoms with Gasteiger partial charge in [-0.05, 0) is 6.92 Å². The summed E-state index contributed by atoms with van der Waals surface area (Å²) in [5.74, 6) is -1.51. The second-order valence-corrected chi connectivity index (χ2v) is 6.72. The SMILES string of the molecule is CNC(=O)c1cnc(OC2COC2)cc1C(=N)N[C@H](C)c1cccc(C(F)F)c1F. The normalized spacial score (nSPS) is 14.7. The number of nitrogens with one attached hydrogen (secondary N) is 3. The van der Waals surface area contributed by atoms with Crippen LogP contribution in [0.4, 0.5) is 13.2 Å². The Hall–Kier alpha value is -3.14. The molecule has 1 aromatic heterocycles. The number of alkyl halides is 2. The Kier molecular flexibility index (Phi) is 6.56. The number of nitrogens with zero attached hydrogens (tertiary/aromatic N) is 1. The molecule has 1 saturated heterocycles. The third kappa shape index (κ3) is 4.54. The standard InChI is InChI=1S/C20H21F3N4O3/c1-10(12-4-3-5-13(17(12)21)18(22)23)27-19(24)14-6-16(30-11-8-29-9-11)26-7-15(14)20(28)25-2/h3-7,10-11,18H,8-9H2,1-2H3,(H2,24,27)(H,25,28)/t10-/m1/s1. The fourth-order valence-electron chi connectivity index (χ4n) is 2.92. The van der Waals surface area contributed by atoms with Crippen LogP contribution in [0.1, 0.15) is 46.4 Å². The van der Waals surface area contributed by atoms with E-state index in [0.717, 1.165) is 6.07 Å². The summed E-state index contributed by atoms with van der Waals surface area (Å²) in [4.78, 5) is 16.3. The molecule has 1 amide bonds. The van der Waals surface area contributed by atoms with Crippen LogP contribution in [0, 0.1) is 11.2 Å². The van der Waals surface area contributed by atoms with Crippen LogP contribution in [0.25, 0.3) is 0 Å². The minimum atomic E-state index is -2.95. The van der Waals surface area contributed by atoms with Gasteiger partial charge in [0.25, 0.3) is 12.3 Å². The number of benzene rings is 1. The quantitative estimate of drug-likeness (QED) is 0.471. The number of amides is 1. The highest BCUT2D eigenvalue weighted by Crippen LogP contribution is 2.27. The van der Waals surface area contributed by atoms with Crippen molar-refractivity contribution in [1.82, 2.24) is 15.6 Å². The number of carbonyl (C=O) groups excluding carboxylic acids is 1. The highest BCUT2D eigenvalue weighted by Gasteiger charge is 2.24. The van der Waals surface area contributed by atoms with E-state index in [1.807, 2.05) is 0 Å². The minimum absolute atomic E-state index is 0.0174. The van der Waals surface area contributed by atoms with Crippen molar-refractivity contribution in [3.05, 3.63) is 58.5 Å². The van der Waals surface area contributed by atoms with E-state index in [1.165, 1.54) is 38.4 Å².